The maximum atomic E-state index is 10.0. The van der Waals surface area contributed by atoms with Gasteiger partial charge in [-0.1, -0.05) is 0 Å². The van der Waals surface area contributed by atoms with E-state index in [1.807, 2.05) is 13.0 Å². The minimum absolute atomic E-state index is 0.0153. The zero-order chi connectivity index (χ0) is 12.6. The molecule has 0 spiro atoms. The Morgan fingerprint density at radius 1 is 1.35 bits per heavy atom. The van der Waals surface area contributed by atoms with Gasteiger partial charge in [0, 0.05) is 5.54 Å². The second-order valence-electron chi connectivity index (χ2n) is 5.09. The van der Waals surface area contributed by atoms with Crippen LogP contribution < -0.4 is 10.1 Å². The van der Waals surface area contributed by atoms with Crippen LogP contribution in [0.15, 0.2) is 6.07 Å². The largest absolute Gasteiger partial charge is 0.504 e. The molecule has 1 fully saturated rings. The van der Waals surface area contributed by atoms with Gasteiger partial charge in [-0.3, -0.25) is 0 Å². The fourth-order valence-corrected chi connectivity index (χ4v) is 2.83. The molecule has 2 N–H and O–H groups in total. The summed E-state index contributed by atoms with van der Waals surface area (Å²) in [7, 11) is 1.59. The van der Waals surface area contributed by atoms with Gasteiger partial charge in [0.25, 0.3) is 0 Å². The van der Waals surface area contributed by atoms with Crippen LogP contribution in [0.3, 0.4) is 0 Å². The van der Waals surface area contributed by atoms with Gasteiger partial charge in [0.1, 0.15) is 0 Å². The van der Waals surface area contributed by atoms with E-state index in [1.165, 1.54) is 17.5 Å². The highest BCUT2D eigenvalue weighted by molar-refractivity contribution is 5.54. The first-order valence-electron chi connectivity index (χ1n) is 6.12. The van der Waals surface area contributed by atoms with E-state index in [4.69, 9.17) is 4.74 Å². The van der Waals surface area contributed by atoms with Crippen LogP contribution in [-0.2, 0) is 5.54 Å². The summed E-state index contributed by atoms with van der Waals surface area (Å²) in [5.41, 5.74) is 3.40. The van der Waals surface area contributed by atoms with E-state index >= 15 is 0 Å². The van der Waals surface area contributed by atoms with Gasteiger partial charge in [0.15, 0.2) is 11.5 Å². The molecule has 3 nitrogen and oxygen atoms in total. The fraction of sp³-hybridized carbons (Fsp3) is 0.571. The van der Waals surface area contributed by atoms with Crippen LogP contribution in [-0.4, -0.2) is 18.8 Å². The normalized spacial score (nSPS) is 24.0. The number of phenols is 1. The average molecular weight is 235 g/mol. The molecule has 0 bridgehead atoms. The van der Waals surface area contributed by atoms with Crippen molar-refractivity contribution in [2.45, 2.75) is 39.2 Å². The molecule has 2 rings (SSSR count). The van der Waals surface area contributed by atoms with Crippen molar-refractivity contribution in [3.8, 4) is 11.5 Å². The van der Waals surface area contributed by atoms with Gasteiger partial charge in [-0.25, -0.2) is 0 Å². The van der Waals surface area contributed by atoms with Crippen LogP contribution in [0.1, 0.15) is 36.5 Å². The SMILES string of the molecule is COc1c(O)cc(C2(C)CCCN2)c(C)c1C. The first-order chi connectivity index (χ1) is 7.99. The Bertz CT molecular complexity index is 434. The standard InChI is InChI=1S/C14H21NO2/c1-9-10(2)13(17-4)12(16)8-11(9)14(3)6-5-7-15-14/h8,15-16H,5-7H2,1-4H3. The molecular formula is C14H21NO2. The number of benzene rings is 1. The van der Waals surface area contributed by atoms with E-state index in [9.17, 15) is 5.11 Å². The molecular weight excluding hydrogens is 214 g/mol. The van der Waals surface area contributed by atoms with Gasteiger partial charge < -0.3 is 15.2 Å². The Balaban J connectivity index is 2.56. The molecule has 1 aromatic rings. The summed E-state index contributed by atoms with van der Waals surface area (Å²) in [6, 6.07) is 1.85. The van der Waals surface area contributed by atoms with E-state index in [0.29, 0.717) is 5.75 Å². The predicted molar refractivity (Wildman–Crippen MR) is 68.7 cm³/mol. The van der Waals surface area contributed by atoms with Crippen LogP contribution in [0.5, 0.6) is 11.5 Å². The topological polar surface area (TPSA) is 41.5 Å². The highest BCUT2D eigenvalue weighted by atomic mass is 16.5. The molecule has 0 radical (unpaired) electrons. The van der Waals surface area contributed by atoms with Gasteiger partial charge in [-0.15, -0.1) is 0 Å². The number of methoxy groups -OCH3 is 1. The van der Waals surface area contributed by atoms with E-state index in [-0.39, 0.29) is 11.3 Å². The molecule has 94 valence electrons. The molecule has 1 atom stereocenters. The number of hydrogen-bond acceptors (Lipinski definition) is 3. The zero-order valence-corrected chi connectivity index (χ0v) is 11.1. The van der Waals surface area contributed by atoms with E-state index < -0.39 is 0 Å². The summed E-state index contributed by atoms with van der Waals surface area (Å²) < 4.78 is 5.24. The van der Waals surface area contributed by atoms with Crippen molar-refractivity contribution in [1.82, 2.24) is 5.32 Å². The first-order valence-corrected chi connectivity index (χ1v) is 6.12. The lowest BCUT2D eigenvalue weighted by atomic mass is 9.85. The number of hydrogen-bond donors (Lipinski definition) is 2. The molecule has 17 heavy (non-hydrogen) atoms. The van der Waals surface area contributed by atoms with E-state index in [1.54, 1.807) is 7.11 Å². The molecule has 1 aromatic carbocycles. The van der Waals surface area contributed by atoms with E-state index in [2.05, 4.69) is 19.2 Å². The van der Waals surface area contributed by atoms with Crippen molar-refractivity contribution < 1.29 is 9.84 Å². The lowest BCUT2D eigenvalue weighted by molar-refractivity contribution is 0.365. The molecule has 0 aromatic heterocycles. The smallest absolute Gasteiger partial charge is 0.163 e. The quantitative estimate of drug-likeness (QED) is 0.828. The Labute approximate surface area is 103 Å². The summed E-state index contributed by atoms with van der Waals surface area (Å²) >= 11 is 0. The molecule has 1 heterocycles. The summed E-state index contributed by atoms with van der Waals surface area (Å²) in [6.07, 6.45) is 2.29. The second kappa shape index (κ2) is 4.22. The highest BCUT2D eigenvalue weighted by Gasteiger charge is 2.32. The maximum Gasteiger partial charge on any atom is 0.163 e. The molecule has 3 heteroatoms. The lowest BCUT2D eigenvalue weighted by Gasteiger charge is -2.28. The number of phenolic OH excluding ortho intramolecular Hbond substituents is 1. The van der Waals surface area contributed by atoms with Crippen molar-refractivity contribution in [2.24, 2.45) is 0 Å². The second-order valence-corrected chi connectivity index (χ2v) is 5.09. The molecule has 0 saturated carbocycles. The number of ether oxygens (including phenoxy) is 1. The minimum atomic E-state index is -0.0153. The third-order valence-corrected chi connectivity index (χ3v) is 3.99. The Morgan fingerprint density at radius 3 is 2.59 bits per heavy atom. The minimum Gasteiger partial charge on any atom is -0.504 e. The molecule has 1 aliphatic rings. The summed E-state index contributed by atoms with van der Waals surface area (Å²) in [5, 5.41) is 13.5. The van der Waals surface area contributed by atoms with Crippen molar-refractivity contribution >= 4 is 0 Å². The van der Waals surface area contributed by atoms with Crippen LogP contribution in [0, 0.1) is 13.8 Å². The van der Waals surface area contributed by atoms with Crippen molar-refractivity contribution in [2.75, 3.05) is 13.7 Å². The monoisotopic (exact) mass is 235 g/mol. The fourth-order valence-electron chi connectivity index (χ4n) is 2.83. The third kappa shape index (κ3) is 1.89. The summed E-state index contributed by atoms with van der Waals surface area (Å²) in [4.78, 5) is 0. The van der Waals surface area contributed by atoms with Crippen molar-refractivity contribution in [1.29, 1.82) is 0 Å². The Morgan fingerprint density at radius 2 is 2.06 bits per heavy atom. The van der Waals surface area contributed by atoms with Crippen molar-refractivity contribution in [3.63, 3.8) is 0 Å². The molecule has 0 amide bonds. The number of nitrogens with one attached hydrogen (secondary N) is 1. The zero-order valence-electron chi connectivity index (χ0n) is 11.1. The highest BCUT2D eigenvalue weighted by Crippen LogP contribution is 2.40. The molecule has 0 aliphatic carbocycles. The Kier molecular flexibility index (Phi) is 3.04. The van der Waals surface area contributed by atoms with Crippen molar-refractivity contribution in [3.05, 3.63) is 22.8 Å². The van der Waals surface area contributed by atoms with Gasteiger partial charge in [0.05, 0.1) is 7.11 Å². The van der Waals surface area contributed by atoms with Gasteiger partial charge in [-0.05, 0) is 62.9 Å². The van der Waals surface area contributed by atoms with E-state index in [0.717, 1.165) is 18.5 Å². The van der Waals surface area contributed by atoms with Crippen LogP contribution >= 0.6 is 0 Å². The third-order valence-electron chi connectivity index (χ3n) is 3.99. The number of aromatic hydroxyl groups is 1. The number of rotatable bonds is 2. The van der Waals surface area contributed by atoms with Gasteiger partial charge in [-0.2, -0.15) is 0 Å². The first kappa shape index (κ1) is 12.2. The lowest BCUT2D eigenvalue weighted by Crippen LogP contribution is -2.34. The molecule has 1 saturated heterocycles. The van der Waals surface area contributed by atoms with Crippen LogP contribution in [0.2, 0.25) is 0 Å². The maximum absolute atomic E-state index is 10.0. The van der Waals surface area contributed by atoms with Crippen LogP contribution in [0.25, 0.3) is 0 Å². The summed E-state index contributed by atoms with van der Waals surface area (Å²) in [6.45, 7) is 7.34. The average Bonchev–Trinajstić information content (AvgIpc) is 2.72. The molecule has 1 aliphatic heterocycles. The van der Waals surface area contributed by atoms with Crippen LogP contribution in [0.4, 0.5) is 0 Å². The summed E-state index contributed by atoms with van der Waals surface area (Å²) in [5.74, 6) is 0.827. The Hall–Kier alpha value is -1.22. The van der Waals surface area contributed by atoms with Gasteiger partial charge >= 0.3 is 0 Å². The van der Waals surface area contributed by atoms with Gasteiger partial charge in [0.2, 0.25) is 0 Å². The molecule has 1 unspecified atom stereocenters. The predicted octanol–water partition coefficient (Wildman–Crippen LogP) is 2.62.